The molecular weight excluding hydrogens is 250 g/mol. The summed E-state index contributed by atoms with van der Waals surface area (Å²) < 4.78 is 17.0. The van der Waals surface area contributed by atoms with E-state index in [4.69, 9.17) is 5.14 Å². The summed E-state index contributed by atoms with van der Waals surface area (Å²) in [5.74, 6) is 0. The van der Waals surface area contributed by atoms with Gasteiger partial charge in [0.1, 0.15) is 9.92 Å². The minimum atomic E-state index is -2.80. The molecule has 0 spiro atoms. The molecule has 0 saturated heterocycles. The molecule has 1 heterocycles. The Hall–Kier alpha value is -0.723. The van der Waals surface area contributed by atoms with Gasteiger partial charge in [0.15, 0.2) is 8.24 Å². The van der Waals surface area contributed by atoms with E-state index in [-0.39, 0.29) is 5.04 Å². The highest BCUT2D eigenvalue weighted by Gasteiger charge is 2.37. The minimum absolute atomic E-state index is 0.0298. The monoisotopic (exact) mass is 271 g/mol. The van der Waals surface area contributed by atoms with Gasteiger partial charge in [-0.2, -0.15) is 0 Å². The lowest BCUT2D eigenvalue weighted by molar-refractivity contribution is 0.675. The van der Waals surface area contributed by atoms with Gasteiger partial charge in [0.05, 0.1) is 4.90 Å². The van der Waals surface area contributed by atoms with Gasteiger partial charge < -0.3 is 0 Å². The van der Waals surface area contributed by atoms with Gasteiger partial charge in [0, 0.05) is 12.4 Å². The molecule has 1 atom stereocenters. The van der Waals surface area contributed by atoms with Crippen molar-refractivity contribution in [2.45, 2.75) is 43.8 Å². The van der Waals surface area contributed by atoms with Crippen LogP contribution in [0.15, 0.2) is 33.5 Å². The maximum absolute atomic E-state index is 12.5. The summed E-state index contributed by atoms with van der Waals surface area (Å²) >= 11 is 0. The number of pyridine rings is 1. The van der Waals surface area contributed by atoms with E-state index in [2.05, 4.69) is 42.9 Å². The molecule has 2 N–H and O–H groups in total. The standard InChI is InChI=1S/C11H21N3OSSi/c1-11(2,3)17(4,5)14-16(12,15)10-6-8-13-9-7-10/h6-9H,1-5H3,(H2,12,14,15). The Morgan fingerprint density at radius 1 is 1.29 bits per heavy atom. The molecule has 0 fully saturated rings. The Balaban J connectivity index is 3.29. The molecule has 0 aliphatic carbocycles. The largest absolute Gasteiger partial charge is 0.265 e. The Bertz CT molecular complexity index is 499. The second-order valence-electron chi connectivity index (χ2n) is 5.65. The molecular formula is C11H21N3OSSi. The van der Waals surface area contributed by atoms with Crippen molar-refractivity contribution in [1.82, 2.24) is 4.98 Å². The van der Waals surface area contributed by atoms with Gasteiger partial charge in [-0.1, -0.05) is 20.8 Å². The zero-order chi connectivity index (χ0) is 13.3. The van der Waals surface area contributed by atoms with Crippen LogP contribution in [0.5, 0.6) is 0 Å². The first-order chi connectivity index (χ1) is 7.56. The molecule has 0 aliphatic heterocycles. The van der Waals surface area contributed by atoms with Crippen molar-refractivity contribution >= 4 is 18.2 Å². The quantitative estimate of drug-likeness (QED) is 0.840. The molecule has 17 heavy (non-hydrogen) atoms. The Morgan fingerprint density at radius 2 is 1.76 bits per heavy atom. The molecule has 0 aromatic carbocycles. The molecule has 0 saturated carbocycles. The van der Waals surface area contributed by atoms with E-state index in [0.29, 0.717) is 4.90 Å². The van der Waals surface area contributed by atoms with Gasteiger partial charge in [0.25, 0.3) is 0 Å². The molecule has 1 aromatic heterocycles. The topological polar surface area (TPSA) is 68.3 Å². The molecule has 4 nitrogen and oxygen atoms in total. The second-order valence-corrected chi connectivity index (χ2v) is 12.6. The van der Waals surface area contributed by atoms with Gasteiger partial charge in [-0.25, -0.2) is 9.35 Å². The van der Waals surface area contributed by atoms with Gasteiger partial charge in [0.2, 0.25) is 0 Å². The van der Waals surface area contributed by atoms with Crippen LogP contribution < -0.4 is 5.14 Å². The van der Waals surface area contributed by atoms with Crippen LogP contribution in [0.2, 0.25) is 18.1 Å². The maximum atomic E-state index is 12.5. The van der Waals surface area contributed by atoms with Crippen molar-refractivity contribution in [3.05, 3.63) is 24.5 Å². The minimum Gasteiger partial charge on any atom is -0.265 e. The zero-order valence-electron chi connectivity index (χ0n) is 11.1. The first kappa shape index (κ1) is 14.3. The van der Waals surface area contributed by atoms with Crippen LogP contribution in [0, 0.1) is 0 Å². The molecule has 96 valence electrons. The third kappa shape index (κ3) is 3.37. The number of hydrogen-bond donors (Lipinski definition) is 1. The highest BCUT2D eigenvalue weighted by Crippen LogP contribution is 2.37. The summed E-state index contributed by atoms with van der Waals surface area (Å²) in [6.45, 7) is 10.5. The number of rotatable bonds is 2. The van der Waals surface area contributed by atoms with E-state index in [1.165, 1.54) is 0 Å². The summed E-state index contributed by atoms with van der Waals surface area (Å²) in [6, 6.07) is 3.33. The first-order valence-electron chi connectivity index (χ1n) is 5.52. The molecule has 1 unspecified atom stereocenters. The third-order valence-corrected chi connectivity index (χ3v) is 10.7. The average molecular weight is 271 g/mol. The van der Waals surface area contributed by atoms with E-state index in [1.54, 1.807) is 24.5 Å². The average Bonchev–Trinajstić information content (AvgIpc) is 2.15. The number of hydrogen-bond acceptors (Lipinski definition) is 3. The Morgan fingerprint density at radius 3 is 2.18 bits per heavy atom. The van der Waals surface area contributed by atoms with Gasteiger partial charge >= 0.3 is 0 Å². The predicted octanol–water partition coefficient (Wildman–Crippen LogP) is 2.79. The second kappa shape index (κ2) is 4.51. The fraction of sp³-hybridized carbons (Fsp3) is 0.545. The van der Waals surface area contributed by atoms with Crippen LogP contribution in [-0.2, 0) is 9.92 Å². The molecule has 0 bridgehead atoms. The van der Waals surface area contributed by atoms with E-state index in [0.717, 1.165) is 0 Å². The summed E-state index contributed by atoms with van der Waals surface area (Å²) in [5, 5.41) is 5.92. The van der Waals surface area contributed by atoms with Crippen LogP contribution in [0.3, 0.4) is 0 Å². The first-order valence-corrected chi connectivity index (χ1v) is 10.0. The van der Waals surface area contributed by atoms with Crippen molar-refractivity contribution in [2.75, 3.05) is 0 Å². The van der Waals surface area contributed by atoms with Crippen LogP contribution in [0.25, 0.3) is 0 Å². The zero-order valence-corrected chi connectivity index (χ0v) is 12.9. The Labute approximate surface area is 105 Å². The summed E-state index contributed by atoms with van der Waals surface area (Å²) in [5.41, 5.74) is 0. The van der Waals surface area contributed by atoms with Crippen molar-refractivity contribution in [1.29, 1.82) is 0 Å². The van der Waals surface area contributed by atoms with Gasteiger partial charge in [-0.3, -0.25) is 9.01 Å². The molecule has 1 aromatic rings. The highest BCUT2D eigenvalue weighted by atomic mass is 32.2. The van der Waals surface area contributed by atoms with E-state index in [1.807, 2.05) is 0 Å². The van der Waals surface area contributed by atoms with Crippen LogP contribution in [-0.4, -0.2) is 17.4 Å². The van der Waals surface area contributed by atoms with Gasteiger partial charge in [-0.05, 0) is 30.3 Å². The summed E-state index contributed by atoms with van der Waals surface area (Å²) in [4.78, 5) is 4.45. The summed E-state index contributed by atoms with van der Waals surface area (Å²) in [6.07, 6.45) is 3.17. The third-order valence-electron chi connectivity index (χ3n) is 3.19. The van der Waals surface area contributed by atoms with Crippen LogP contribution >= 0.6 is 0 Å². The predicted molar refractivity (Wildman–Crippen MR) is 74.5 cm³/mol. The van der Waals surface area contributed by atoms with Crippen LogP contribution in [0.1, 0.15) is 20.8 Å². The van der Waals surface area contributed by atoms with Gasteiger partial charge in [-0.15, -0.1) is 0 Å². The lowest BCUT2D eigenvalue weighted by atomic mass is 10.2. The van der Waals surface area contributed by atoms with Crippen molar-refractivity contribution in [3.63, 3.8) is 0 Å². The SMILES string of the molecule is CC(C)(C)[Si](C)(C)N=S(N)(=O)c1ccncc1. The van der Waals surface area contributed by atoms with E-state index >= 15 is 0 Å². The maximum Gasteiger partial charge on any atom is 0.195 e. The lowest BCUT2D eigenvalue weighted by Crippen LogP contribution is -2.37. The highest BCUT2D eigenvalue weighted by molar-refractivity contribution is 7.92. The fourth-order valence-corrected chi connectivity index (χ4v) is 5.80. The number of nitrogens with zero attached hydrogens (tertiary/aromatic N) is 2. The number of aromatic nitrogens is 1. The Kier molecular flexibility index (Phi) is 3.80. The van der Waals surface area contributed by atoms with E-state index < -0.39 is 18.2 Å². The number of nitrogens with two attached hydrogens (primary N) is 1. The summed E-state index contributed by atoms with van der Waals surface area (Å²) in [7, 11) is -4.82. The van der Waals surface area contributed by atoms with Crippen LogP contribution in [0.4, 0.5) is 0 Å². The van der Waals surface area contributed by atoms with E-state index in [9.17, 15) is 4.21 Å². The molecule has 0 amide bonds. The fourth-order valence-electron chi connectivity index (χ4n) is 1.06. The molecule has 0 radical (unpaired) electrons. The smallest absolute Gasteiger partial charge is 0.195 e. The normalized spacial score (nSPS) is 16.4. The van der Waals surface area contributed by atoms with Crippen molar-refractivity contribution in [2.24, 2.45) is 9.17 Å². The molecule has 6 heteroatoms. The van der Waals surface area contributed by atoms with Crippen molar-refractivity contribution < 1.29 is 4.21 Å². The molecule has 1 rings (SSSR count). The lowest BCUT2D eigenvalue weighted by Gasteiger charge is -2.32. The molecule has 0 aliphatic rings. The van der Waals surface area contributed by atoms with Crippen molar-refractivity contribution in [3.8, 4) is 0 Å².